The highest BCUT2D eigenvalue weighted by Gasteiger charge is 2.22. The second kappa shape index (κ2) is 6.34. The lowest BCUT2D eigenvalue weighted by molar-refractivity contribution is -0.384. The summed E-state index contributed by atoms with van der Waals surface area (Å²) in [5.41, 5.74) is -0.422. The highest BCUT2D eigenvalue weighted by atomic mass is 16.6. The maximum absolute atomic E-state index is 12.1. The number of nitro groups is 1. The first-order valence-electron chi connectivity index (χ1n) is 6.81. The molecule has 0 heterocycles. The quantitative estimate of drug-likeness (QED) is 0.655. The summed E-state index contributed by atoms with van der Waals surface area (Å²) in [6.45, 7) is 0. The normalized spacial score (nSPS) is 15.4. The van der Waals surface area contributed by atoms with Gasteiger partial charge in [-0.15, -0.1) is 0 Å². The Balaban J connectivity index is 2.20. The number of hydrogen-bond donors (Lipinski definition) is 2. The fourth-order valence-corrected chi connectivity index (χ4v) is 2.52. The second-order valence-electron chi connectivity index (χ2n) is 5.16. The number of aromatic carboxylic acids is 1. The van der Waals surface area contributed by atoms with Crippen molar-refractivity contribution < 1.29 is 19.6 Å². The second-order valence-corrected chi connectivity index (χ2v) is 5.16. The average Bonchev–Trinajstić information content (AvgIpc) is 2.47. The van der Waals surface area contributed by atoms with E-state index in [9.17, 15) is 19.7 Å². The van der Waals surface area contributed by atoms with E-state index in [1.807, 2.05) is 0 Å². The number of non-ortho nitro benzene ring substituents is 1. The third-order valence-electron chi connectivity index (χ3n) is 3.62. The lowest BCUT2D eigenvalue weighted by atomic mass is 9.88. The van der Waals surface area contributed by atoms with E-state index in [4.69, 9.17) is 5.11 Å². The van der Waals surface area contributed by atoms with Gasteiger partial charge >= 0.3 is 5.97 Å². The van der Waals surface area contributed by atoms with Crippen LogP contribution in [0.5, 0.6) is 0 Å². The molecule has 7 nitrogen and oxygen atoms in total. The number of benzene rings is 1. The number of nitrogens with one attached hydrogen (secondary N) is 1. The van der Waals surface area contributed by atoms with Crippen LogP contribution in [-0.4, -0.2) is 21.9 Å². The van der Waals surface area contributed by atoms with Crippen LogP contribution >= 0.6 is 0 Å². The third-order valence-corrected chi connectivity index (χ3v) is 3.62. The number of rotatable bonds is 4. The third kappa shape index (κ3) is 3.77. The van der Waals surface area contributed by atoms with Gasteiger partial charge in [-0.3, -0.25) is 14.9 Å². The molecule has 0 radical (unpaired) electrons. The number of amides is 1. The van der Waals surface area contributed by atoms with E-state index < -0.39 is 10.9 Å². The highest BCUT2D eigenvalue weighted by Crippen LogP contribution is 2.26. The standard InChI is InChI=1S/C14H16N2O5/c17-13(9-4-2-1-3-5-9)15-11-6-10(14(18)19)7-12(8-11)16(20)21/h6-9H,1-5H2,(H,15,17)(H,18,19). The molecule has 0 unspecified atom stereocenters. The molecule has 1 amide bonds. The number of hydrogen-bond acceptors (Lipinski definition) is 4. The molecule has 1 aliphatic carbocycles. The molecule has 0 atom stereocenters. The van der Waals surface area contributed by atoms with E-state index in [0.29, 0.717) is 0 Å². The van der Waals surface area contributed by atoms with E-state index in [1.54, 1.807) is 0 Å². The SMILES string of the molecule is O=C(O)c1cc(NC(=O)C2CCCCC2)cc([N+](=O)[O-])c1. The summed E-state index contributed by atoms with van der Waals surface area (Å²) >= 11 is 0. The van der Waals surface area contributed by atoms with Gasteiger partial charge in [-0.1, -0.05) is 19.3 Å². The molecule has 0 aliphatic heterocycles. The summed E-state index contributed by atoms with van der Waals surface area (Å²) < 4.78 is 0. The molecule has 1 aromatic rings. The van der Waals surface area contributed by atoms with Crippen molar-refractivity contribution in [3.63, 3.8) is 0 Å². The lowest BCUT2D eigenvalue weighted by Crippen LogP contribution is -2.24. The summed E-state index contributed by atoms with van der Waals surface area (Å²) in [7, 11) is 0. The molecule has 1 saturated carbocycles. The van der Waals surface area contributed by atoms with Crippen molar-refractivity contribution in [2.45, 2.75) is 32.1 Å². The zero-order valence-electron chi connectivity index (χ0n) is 11.4. The fraction of sp³-hybridized carbons (Fsp3) is 0.429. The van der Waals surface area contributed by atoms with Crippen LogP contribution in [0.3, 0.4) is 0 Å². The zero-order chi connectivity index (χ0) is 15.4. The van der Waals surface area contributed by atoms with Gasteiger partial charge in [0, 0.05) is 23.7 Å². The van der Waals surface area contributed by atoms with Crippen molar-refractivity contribution in [1.82, 2.24) is 0 Å². The van der Waals surface area contributed by atoms with E-state index in [1.165, 1.54) is 12.1 Å². The largest absolute Gasteiger partial charge is 0.478 e. The van der Waals surface area contributed by atoms with E-state index >= 15 is 0 Å². The van der Waals surface area contributed by atoms with Crippen molar-refractivity contribution in [3.8, 4) is 0 Å². The zero-order valence-corrected chi connectivity index (χ0v) is 11.4. The Kier molecular flexibility index (Phi) is 4.52. The maximum Gasteiger partial charge on any atom is 0.336 e. The molecular formula is C14H16N2O5. The molecule has 0 aromatic heterocycles. The molecule has 0 saturated heterocycles. The summed E-state index contributed by atoms with van der Waals surface area (Å²) in [4.78, 5) is 33.2. The molecule has 0 spiro atoms. The number of carboxylic acid groups (broad SMARTS) is 1. The van der Waals surface area contributed by atoms with Crippen molar-refractivity contribution in [3.05, 3.63) is 33.9 Å². The predicted molar refractivity (Wildman–Crippen MR) is 75.3 cm³/mol. The fourth-order valence-electron chi connectivity index (χ4n) is 2.52. The van der Waals surface area contributed by atoms with Gasteiger partial charge in [0.1, 0.15) is 0 Å². The number of carbonyl (C=O) groups excluding carboxylic acids is 1. The van der Waals surface area contributed by atoms with Crippen molar-refractivity contribution in [2.75, 3.05) is 5.32 Å². The number of carboxylic acids is 1. The lowest BCUT2D eigenvalue weighted by Gasteiger charge is -2.20. The Morgan fingerprint density at radius 3 is 2.43 bits per heavy atom. The first-order chi connectivity index (χ1) is 9.97. The Morgan fingerprint density at radius 2 is 1.86 bits per heavy atom. The molecule has 112 valence electrons. The van der Waals surface area contributed by atoms with Gasteiger partial charge in [0.15, 0.2) is 0 Å². The van der Waals surface area contributed by atoms with Gasteiger partial charge in [-0.2, -0.15) is 0 Å². The number of nitrogens with zero attached hydrogens (tertiary/aromatic N) is 1. The van der Waals surface area contributed by atoms with Crippen LogP contribution in [0, 0.1) is 16.0 Å². The topological polar surface area (TPSA) is 110 Å². The van der Waals surface area contributed by atoms with Crippen molar-refractivity contribution >= 4 is 23.3 Å². The van der Waals surface area contributed by atoms with Crippen LogP contribution < -0.4 is 5.32 Å². The number of nitro benzene ring substituents is 1. The van der Waals surface area contributed by atoms with Gasteiger partial charge in [-0.25, -0.2) is 4.79 Å². The van der Waals surface area contributed by atoms with Crippen molar-refractivity contribution in [2.24, 2.45) is 5.92 Å². The minimum absolute atomic E-state index is 0.105. The van der Waals surface area contributed by atoms with Crippen LogP contribution in [0.2, 0.25) is 0 Å². The molecule has 1 fully saturated rings. The Hall–Kier alpha value is -2.44. The van der Waals surface area contributed by atoms with E-state index in [2.05, 4.69) is 5.32 Å². The number of anilines is 1. The van der Waals surface area contributed by atoms with Crippen LogP contribution in [-0.2, 0) is 4.79 Å². The van der Waals surface area contributed by atoms with Crippen LogP contribution in [0.4, 0.5) is 11.4 Å². The molecule has 2 rings (SSSR count). The van der Waals surface area contributed by atoms with E-state index in [0.717, 1.165) is 38.2 Å². The molecule has 2 N–H and O–H groups in total. The van der Waals surface area contributed by atoms with Gasteiger partial charge in [-0.05, 0) is 18.9 Å². The Bertz CT molecular complexity index is 546. The monoisotopic (exact) mass is 292 g/mol. The van der Waals surface area contributed by atoms with Crippen LogP contribution in [0.15, 0.2) is 18.2 Å². The average molecular weight is 292 g/mol. The molecular weight excluding hydrogens is 276 g/mol. The summed E-state index contributed by atoms with van der Waals surface area (Å²) in [6, 6.07) is 3.38. The summed E-state index contributed by atoms with van der Waals surface area (Å²) in [6.07, 6.45) is 4.70. The summed E-state index contributed by atoms with van der Waals surface area (Å²) in [5, 5.41) is 22.4. The summed E-state index contributed by atoms with van der Waals surface area (Å²) in [5.74, 6) is -1.58. The molecule has 0 bridgehead atoms. The number of carbonyl (C=O) groups is 2. The van der Waals surface area contributed by atoms with Crippen LogP contribution in [0.1, 0.15) is 42.5 Å². The Labute approximate surface area is 121 Å². The predicted octanol–water partition coefficient (Wildman–Crippen LogP) is 2.81. The molecule has 7 heteroatoms. The maximum atomic E-state index is 12.1. The van der Waals surface area contributed by atoms with Gasteiger partial charge < -0.3 is 10.4 Å². The first-order valence-corrected chi connectivity index (χ1v) is 6.81. The molecule has 1 aromatic carbocycles. The van der Waals surface area contributed by atoms with Crippen LogP contribution in [0.25, 0.3) is 0 Å². The van der Waals surface area contributed by atoms with Gasteiger partial charge in [0.2, 0.25) is 5.91 Å². The van der Waals surface area contributed by atoms with Gasteiger partial charge in [0.05, 0.1) is 10.5 Å². The highest BCUT2D eigenvalue weighted by molar-refractivity contribution is 5.95. The minimum Gasteiger partial charge on any atom is -0.478 e. The van der Waals surface area contributed by atoms with Gasteiger partial charge in [0.25, 0.3) is 5.69 Å². The molecule has 1 aliphatic rings. The first kappa shape index (κ1) is 15.0. The smallest absolute Gasteiger partial charge is 0.336 e. The minimum atomic E-state index is -1.27. The molecule has 21 heavy (non-hydrogen) atoms. The van der Waals surface area contributed by atoms with E-state index in [-0.39, 0.29) is 28.8 Å². The Morgan fingerprint density at radius 1 is 1.19 bits per heavy atom. The van der Waals surface area contributed by atoms with Crippen molar-refractivity contribution in [1.29, 1.82) is 0 Å².